The highest BCUT2D eigenvalue weighted by Gasteiger charge is 2.23. The number of carboxylic acids is 1. The van der Waals surface area contributed by atoms with Gasteiger partial charge in [0.2, 0.25) is 5.91 Å². The van der Waals surface area contributed by atoms with Crippen LogP contribution >= 0.6 is 0 Å². The van der Waals surface area contributed by atoms with E-state index >= 15 is 0 Å². The van der Waals surface area contributed by atoms with E-state index in [-0.39, 0.29) is 18.4 Å². The standard InChI is InChI=1S/C14H25NO4/c1-2-12(19-11-7-4-3-5-8-11)14(18)15-10-6-9-13(16)17/h11-12H,2-10H2,1H3,(H,15,18)(H,16,17). The lowest BCUT2D eigenvalue weighted by atomic mass is 9.97. The predicted octanol–water partition coefficient (Wildman–Crippen LogP) is 2.10. The molecule has 0 radical (unpaired) electrons. The Balaban J connectivity index is 2.24. The minimum Gasteiger partial charge on any atom is -0.481 e. The van der Waals surface area contributed by atoms with Gasteiger partial charge in [-0.15, -0.1) is 0 Å². The van der Waals surface area contributed by atoms with Gasteiger partial charge in [0.1, 0.15) is 6.10 Å². The van der Waals surface area contributed by atoms with Crippen LogP contribution in [-0.4, -0.2) is 35.7 Å². The maximum atomic E-state index is 11.9. The summed E-state index contributed by atoms with van der Waals surface area (Å²) in [5.74, 6) is -0.946. The number of carbonyl (C=O) groups excluding carboxylic acids is 1. The van der Waals surface area contributed by atoms with Gasteiger partial charge < -0.3 is 15.2 Å². The van der Waals surface area contributed by atoms with Crippen molar-refractivity contribution < 1.29 is 19.4 Å². The quantitative estimate of drug-likeness (QED) is 0.663. The van der Waals surface area contributed by atoms with Gasteiger partial charge in [0, 0.05) is 13.0 Å². The van der Waals surface area contributed by atoms with E-state index in [9.17, 15) is 9.59 Å². The van der Waals surface area contributed by atoms with Crippen LogP contribution in [0.1, 0.15) is 58.3 Å². The molecule has 5 nitrogen and oxygen atoms in total. The zero-order valence-corrected chi connectivity index (χ0v) is 11.7. The lowest BCUT2D eigenvalue weighted by Gasteiger charge is -2.26. The Labute approximate surface area is 114 Å². The van der Waals surface area contributed by atoms with E-state index in [2.05, 4.69) is 5.32 Å². The normalized spacial score (nSPS) is 17.9. The molecule has 1 rings (SSSR count). The topological polar surface area (TPSA) is 75.6 Å². The third-order valence-electron chi connectivity index (χ3n) is 3.44. The smallest absolute Gasteiger partial charge is 0.303 e. The summed E-state index contributed by atoms with van der Waals surface area (Å²) in [5, 5.41) is 11.3. The highest BCUT2D eigenvalue weighted by molar-refractivity contribution is 5.80. The molecule has 0 bridgehead atoms. The molecule has 19 heavy (non-hydrogen) atoms. The molecule has 0 spiro atoms. The van der Waals surface area contributed by atoms with Crippen LogP contribution in [0, 0.1) is 0 Å². The van der Waals surface area contributed by atoms with Crippen molar-refractivity contribution in [2.75, 3.05) is 6.54 Å². The fraction of sp³-hybridized carbons (Fsp3) is 0.857. The van der Waals surface area contributed by atoms with Crippen LogP contribution in [0.5, 0.6) is 0 Å². The van der Waals surface area contributed by atoms with Crippen LogP contribution in [-0.2, 0) is 14.3 Å². The summed E-state index contributed by atoms with van der Waals surface area (Å²) in [6.45, 7) is 2.33. The van der Waals surface area contributed by atoms with Crippen LogP contribution < -0.4 is 5.32 Å². The lowest BCUT2D eigenvalue weighted by molar-refractivity contribution is -0.139. The van der Waals surface area contributed by atoms with Crippen LogP contribution in [0.3, 0.4) is 0 Å². The molecular formula is C14H25NO4. The van der Waals surface area contributed by atoms with Crippen molar-refractivity contribution in [3.63, 3.8) is 0 Å². The first kappa shape index (κ1) is 16.0. The number of hydrogen-bond donors (Lipinski definition) is 2. The van der Waals surface area contributed by atoms with E-state index < -0.39 is 12.1 Å². The molecule has 1 amide bonds. The number of amides is 1. The number of carbonyl (C=O) groups is 2. The highest BCUT2D eigenvalue weighted by atomic mass is 16.5. The molecule has 0 aliphatic heterocycles. The Kier molecular flexibility index (Phi) is 7.48. The van der Waals surface area contributed by atoms with Crippen LogP contribution in [0.4, 0.5) is 0 Å². The summed E-state index contributed by atoms with van der Waals surface area (Å²) in [4.78, 5) is 22.3. The zero-order chi connectivity index (χ0) is 14.1. The number of nitrogens with one attached hydrogen (secondary N) is 1. The third-order valence-corrected chi connectivity index (χ3v) is 3.44. The van der Waals surface area contributed by atoms with Crippen molar-refractivity contribution in [2.24, 2.45) is 0 Å². The summed E-state index contributed by atoms with van der Waals surface area (Å²) in [6.07, 6.45) is 6.73. The van der Waals surface area contributed by atoms with E-state index in [1.54, 1.807) is 0 Å². The Morgan fingerprint density at radius 1 is 1.32 bits per heavy atom. The second-order valence-electron chi connectivity index (χ2n) is 5.08. The maximum Gasteiger partial charge on any atom is 0.303 e. The van der Waals surface area contributed by atoms with Crippen molar-refractivity contribution in [1.29, 1.82) is 0 Å². The molecule has 5 heteroatoms. The lowest BCUT2D eigenvalue weighted by Crippen LogP contribution is -2.39. The van der Waals surface area contributed by atoms with Crippen LogP contribution in [0.25, 0.3) is 0 Å². The monoisotopic (exact) mass is 271 g/mol. The van der Waals surface area contributed by atoms with Crippen molar-refractivity contribution in [2.45, 2.75) is 70.5 Å². The Bertz CT molecular complexity index is 287. The van der Waals surface area contributed by atoms with Gasteiger partial charge >= 0.3 is 5.97 Å². The van der Waals surface area contributed by atoms with E-state index in [1.165, 1.54) is 19.3 Å². The summed E-state index contributed by atoms with van der Waals surface area (Å²) >= 11 is 0. The predicted molar refractivity (Wildman–Crippen MR) is 71.9 cm³/mol. The molecule has 0 aromatic carbocycles. The summed E-state index contributed by atoms with van der Waals surface area (Å²) < 4.78 is 5.85. The number of hydrogen-bond acceptors (Lipinski definition) is 3. The molecule has 1 atom stereocenters. The molecule has 0 aromatic rings. The van der Waals surface area contributed by atoms with Gasteiger partial charge in [-0.3, -0.25) is 9.59 Å². The maximum absolute atomic E-state index is 11.9. The van der Waals surface area contributed by atoms with Crippen LogP contribution in [0.15, 0.2) is 0 Å². The van der Waals surface area contributed by atoms with Crippen molar-refractivity contribution >= 4 is 11.9 Å². The van der Waals surface area contributed by atoms with Crippen molar-refractivity contribution in [1.82, 2.24) is 5.32 Å². The Hall–Kier alpha value is -1.10. The second kappa shape index (κ2) is 8.91. The molecule has 1 unspecified atom stereocenters. The number of rotatable bonds is 8. The first-order valence-electron chi connectivity index (χ1n) is 7.28. The summed E-state index contributed by atoms with van der Waals surface area (Å²) in [7, 11) is 0. The van der Waals surface area contributed by atoms with E-state index in [1.807, 2.05) is 6.92 Å². The number of ether oxygens (including phenoxy) is 1. The third kappa shape index (κ3) is 6.57. The van der Waals surface area contributed by atoms with E-state index in [0.717, 1.165) is 12.8 Å². The Morgan fingerprint density at radius 3 is 2.58 bits per heavy atom. The molecule has 0 heterocycles. The molecule has 1 fully saturated rings. The minimum absolute atomic E-state index is 0.0839. The Morgan fingerprint density at radius 2 is 2.00 bits per heavy atom. The van der Waals surface area contributed by atoms with Gasteiger partial charge in [-0.05, 0) is 25.7 Å². The van der Waals surface area contributed by atoms with Gasteiger partial charge in [0.25, 0.3) is 0 Å². The SMILES string of the molecule is CCC(OC1CCCCC1)C(=O)NCCCC(=O)O. The molecule has 1 aliphatic rings. The van der Waals surface area contributed by atoms with Gasteiger partial charge in [-0.1, -0.05) is 26.2 Å². The van der Waals surface area contributed by atoms with Gasteiger partial charge in [0.05, 0.1) is 6.10 Å². The summed E-state index contributed by atoms with van der Waals surface area (Å²) in [6, 6.07) is 0. The van der Waals surface area contributed by atoms with E-state index in [0.29, 0.717) is 19.4 Å². The van der Waals surface area contributed by atoms with Gasteiger partial charge in [-0.2, -0.15) is 0 Å². The second-order valence-corrected chi connectivity index (χ2v) is 5.08. The van der Waals surface area contributed by atoms with E-state index in [4.69, 9.17) is 9.84 Å². The molecule has 1 aliphatic carbocycles. The van der Waals surface area contributed by atoms with Crippen LogP contribution in [0.2, 0.25) is 0 Å². The first-order valence-corrected chi connectivity index (χ1v) is 7.28. The highest BCUT2D eigenvalue weighted by Crippen LogP contribution is 2.22. The fourth-order valence-electron chi connectivity index (χ4n) is 2.34. The molecule has 0 aromatic heterocycles. The molecule has 1 saturated carbocycles. The largest absolute Gasteiger partial charge is 0.481 e. The molecule has 110 valence electrons. The summed E-state index contributed by atoms with van der Waals surface area (Å²) in [5.41, 5.74) is 0. The van der Waals surface area contributed by atoms with Gasteiger partial charge in [-0.25, -0.2) is 0 Å². The average molecular weight is 271 g/mol. The average Bonchev–Trinajstić information content (AvgIpc) is 2.41. The molecule has 2 N–H and O–H groups in total. The number of carboxylic acid groups (broad SMARTS) is 1. The molecule has 0 saturated heterocycles. The number of aliphatic carboxylic acids is 1. The fourth-order valence-corrected chi connectivity index (χ4v) is 2.34. The minimum atomic E-state index is -0.834. The zero-order valence-electron chi connectivity index (χ0n) is 11.7. The van der Waals surface area contributed by atoms with Gasteiger partial charge in [0.15, 0.2) is 0 Å². The molecular weight excluding hydrogens is 246 g/mol. The first-order chi connectivity index (χ1) is 9.13. The van der Waals surface area contributed by atoms with Crippen molar-refractivity contribution in [3.8, 4) is 0 Å². The van der Waals surface area contributed by atoms with Crippen molar-refractivity contribution in [3.05, 3.63) is 0 Å².